The maximum absolute atomic E-state index is 12.8. The third-order valence-corrected chi connectivity index (χ3v) is 7.97. The highest BCUT2D eigenvalue weighted by Crippen LogP contribution is 2.25. The fraction of sp³-hybridized carbons (Fsp3) is 0.636. The van der Waals surface area contributed by atoms with E-state index in [0.29, 0.717) is 12.8 Å². The molecule has 1 N–H and O–H groups in total. The zero-order chi connectivity index (χ0) is 21.7. The molecule has 1 heterocycles. The third-order valence-electron chi connectivity index (χ3n) is 6.06. The molecule has 2 fully saturated rings. The molecule has 1 unspecified atom stereocenters. The Labute approximate surface area is 179 Å². The molecule has 7 nitrogen and oxygen atoms in total. The second-order valence-electron chi connectivity index (χ2n) is 8.41. The van der Waals surface area contributed by atoms with Gasteiger partial charge in [-0.1, -0.05) is 37.0 Å². The number of piperidine rings is 1. The van der Waals surface area contributed by atoms with Gasteiger partial charge < -0.3 is 10.1 Å². The van der Waals surface area contributed by atoms with Crippen LogP contribution in [0, 0.1) is 12.8 Å². The maximum atomic E-state index is 12.8. The number of nitrogens with zero attached hydrogens (tertiary/aromatic N) is 1. The van der Waals surface area contributed by atoms with Crippen LogP contribution in [0.5, 0.6) is 0 Å². The Morgan fingerprint density at radius 3 is 2.23 bits per heavy atom. The van der Waals surface area contributed by atoms with Crippen molar-refractivity contribution in [2.45, 2.75) is 75.8 Å². The standard InChI is InChI=1S/C22H32N2O5S/c1-16-8-10-20(11-9-16)30(27,28)24-14-12-18(13-15-24)22(26)29-17(2)21(25)23-19-6-4-3-5-7-19/h8-11,17-19H,3-7,12-15H2,1-2H3,(H,23,25). The lowest BCUT2D eigenvalue weighted by atomic mass is 9.95. The van der Waals surface area contributed by atoms with Gasteiger partial charge in [0.2, 0.25) is 10.0 Å². The van der Waals surface area contributed by atoms with Crippen molar-refractivity contribution in [2.24, 2.45) is 5.92 Å². The molecule has 0 aromatic heterocycles. The number of sulfonamides is 1. The normalized spacial score (nSPS) is 20.5. The second kappa shape index (κ2) is 9.92. The average Bonchev–Trinajstić information content (AvgIpc) is 2.74. The largest absolute Gasteiger partial charge is 0.452 e. The van der Waals surface area contributed by atoms with Gasteiger partial charge in [-0.3, -0.25) is 9.59 Å². The van der Waals surface area contributed by atoms with Crippen molar-refractivity contribution < 1.29 is 22.7 Å². The van der Waals surface area contributed by atoms with Crippen LogP contribution < -0.4 is 5.32 Å². The Morgan fingerprint density at radius 2 is 1.63 bits per heavy atom. The Hall–Kier alpha value is -1.93. The third kappa shape index (κ3) is 5.60. The smallest absolute Gasteiger partial charge is 0.309 e. The number of hydrogen-bond donors (Lipinski definition) is 1. The zero-order valence-corrected chi connectivity index (χ0v) is 18.6. The zero-order valence-electron chi connectivity index (χ0n) is 17.8. The van der Waals surface area contributed by atoms with E-state index in [0.717, 1.165) is 31.2 Å². The molecule has 1 aliphatic heterocycles. The van der Waals surface area contributed by atoms with Crippen LogP contribution in [-0.2, 0) is 24.3 Å². The summed E-state index contributed by atoms with van der Waals surface area (Å²) < 4.78 is 32.4. The first-order chi connectivity index (χ1) is 14.3. The molecule has 0 spiro atoms. The number of benzene rings is 1. The van der Waals surface area contributed by atoms with Crippen LogP contribution in [-0.4, -0.2) is 49.8 Å². The fourth-order valence-electron chi connectivity index (χ4n) is 4.08. The highest BCUT2D eigenvalue weighted by Gasteiger charge is 2.34. The van der Waals surface area contributed by atoms with Gasteiger partial charge in [0.15, 0.2) is 6.10 Å². The van der Waals surface area contributed by atoms with Crippen LogP contribution in [0.2, 0.25) is 0 Å². The van der Waals surface area contributed by atoms with Crippen molar-refractivity contribution in [3.63, 3.8) is 0 Å². The van der Waals surface area contributed by atoms with Gasteiger partial charge in [0.05, 0.1) is 10.8 Å². The second-order valence-corrected chi connectivity index (χ2v) is 10.4. The van der Waals surface area contributed by atoms with Crippen molar-refractivity contribution in [3.05, 3.63) is 29.8 Å². The van der Waals surface area contributed by atoms with Gasteiger partial charge in [-0.15, -0.1) is 0 Å². The highest BCUT2D eigenvalue weighted by atomic mass is 32.2. The average molecular weight is 437 g/mol. The minimum absolute atomic E-state index is 0.169. The number of aryl methyl sites for hydroxylation is 1. The summed E-state index contributed by atoms with van der Waals surface area (Å²) in [6.45, 7) is 4.02. The summed E-state index contributed by atoms with van der Waals surface area (Å²) in [5.41, 5.74) is 0.997. The van der Waals surface area contributed by atoms with Gasteiger partial charge in [0.25, 0.3) is 5.91 Å². The van der Waals surface area contributed by atoms with Gasteiger partial charge >= 0.3 is 5.97 Å². The summed E-state index contributed by atoms with van der Waals surface area (Å²) in [7, 11) is -3.56. The molecule has 3 rings (SSSR count). The number of carbonyl (C=O) groups is 2. The van der Waals surface area contributed by atoms with Gasteiger partial charge in [-0.05, 0) is 51.7 Å². The Morgan fingerprint density at radius 1 is 1.03 bits per heavy atom. The molecule has 0 bridgehead atoms. The number of esters is 1. The van der Waals surface area contributed by atoms with Gasteiger partial charge in [0.1, 0.15) is 0 Å². The van der Waals surface area contributed by atoms with E-state index in [-0.39, 0.29) is 35.9 Å². The van der Waals surface area contributed by atoms with Crippen LogP contribution in [0.3, 0.4) is 0 Å². The number of hydrogen-bond acceptors (Lipinski definition) is 5. The quantitative estimate of drug-likeness (QED) is 0.692. The van der Waals surface area contributed by atoms with Gasteiger partial charge in [-0.2, -0.15) is 4.31 Å². The van der Waals surface area contributed by atoms with E-state index >= 15 is 0 Å². The molecule has 1 amide bonds. The minimum atomic E-state index is -3.56. The van der Waals surface area contributed by atoms with E-state index in [1.807, 2.05) is 6.92 Å². The van der Waals surface area contributed by atoms with E-state index in [4.69, 9.17) is 4.74 Å². The topological polar surface area (TPSA) is 92.8 Å². The van der Waals surface area contributed by atoms with Crippen LogP contribution in [0.1, 0.15) is 57.4 Å². The lowest BCUT2D eigenvalue weighted by Gasteiger charge is -2.31. The molecule has 1 aromatic rings. The first kappa shape index (κ1) is 22.7. The van der Waals surface area contributed by atoms with Crippen LogP contribution in [0.4, 0.5) is 0 Å². The number of amides is 1. The van der Waals surface area contributed by atoms with Crippen molar-refractivity contribution in [1.82, 2.24) is 9.62 Å². The van der Waals surface area contributed by atoms with E-state index in [1.165, 1.54) is 10.7 Å². The monoisotopic (exact) mass is 436 g/mol. The summed E-state index contributed by atoms with van der Waals surface area (Å²) in [6.07, 6.45) is 5.32. The molecule has 30 heavy (non-hydrogen) atoms. The molecule has 1 atom stereocenters. The van der Waals surface area contributed by atoms with E-state index in [1.54, 1.807) is 31.2 Å². The first-order valence-corrected chi connectivity index (χ1v) is 12.3. The van der Waals surface area contributed by atoms with Gasteiger partial charge in [0, 0.05) is 19.1 Å². The highest BCUT2D eigenvalue weighted by molar-refractivity contribution is 7.89. The van der Waals surface area contributed by atoms with Crippen LogP contribution in [0.15, 0.2) is 29.2 Å². The molecule has 0 radical (unpaired) electrons. The SMILES string of the molecule is Cc1ccc(S(=O)(=O)N2CCC(C(=O)OC(C)C(=O)NC3CCCCC3)CC2)cc1. The lowest BCUT2D eigenvalue weighted by Crippen LogP contribution is -2.44. The summed E-state index contributed by atoms with van der Waals surface area (Å²) in [5.74, 6) is -1.07. The van der Waals surface area contributed by atoms with E-state index < -0.39 is 22.1 Å². The molecular weight excluding hydrogens is 404 g/mol. The van der Waals surface area contributed by atoms with Crippen molar-refractivity contribution in [3.8, 4) is 0 Å². The summed E-state index contributed by atoms with van der Waals surface area (Å²) >= 11 is 0. The maximum Gasteiger partial charge on any atom is 0.309 e. The van der Waals surface area contributed by atoms with Crippen LogP contribution >= 0.6 is 0 Å². The summed E-state index contributed by atoms with van der Waals surface area (Å²) in [4.78, 5) is 25.1. The van der Waals surface area contributed by atoms with Gasteiger partial charge in [-0.25, -0.2) is 8.42 Å². The lowest BCUT2D eigenvalue weighted by molar-refractivity contribution is -0.160. The molecule has 2 aliphatic rings. The summed E-state index contributed by atoms with van der Waals surface area (Å²) in [6, 6.07) is 6.94. The Kier molecular flexibility index (Phi) is 7.52. The number of ether oxygens (including phenoxy) is 1. The van der Waals surface area contributed by atoms with Crippen molar-refractivity contribution in [1.29, 1.82) is 0 Å². The molecule has 8 heteroatoms. The Bertz CT molecular complexity index is 839. The van der Waals surface area contributed by atoms with Crippen molar-refractivity contribution in [2.75, 3.05) is 13.1 Å². The number of carbonyl (C=O) groups excluding carboxylic acids is 2. The predicted molar refractivity (Wildman–Crippen MR) is 113 cm³/mol. The minimum Gasteiger partial charge on any atom is -0.452 e. The first-order valence-electron chi connectivity index (χ1n) is 10.8. The van der Waals surface area contributed by atoms with E-state index in [9.17, 15) is 18.0 Å². The number of rotatable bonds is 6. The molecule has 1 aromatic carbocycles. The molecule has 166 valence electrons. The molecule has 1 saturated heterocycles. The molecule has 1 saturated carbocycles. The summed E-state index contributed by atoms with van der Waals surface area (Å²) in [5, 5.41) is 2.97. The number of nitrogens with one attached hydrogen (secondary N) is 1. The molecular formula is C22H32N2O5S. The molecule has 1 aliphatic carbocycles. The van der Waals surface area contributed by atoms with E-state index in [2.05, 4.69) is 5.32 Å². The van der Waals surface area contributed by atoms with Crippen molar-refractivity contribution >= 4 is 21.9 Å². The Balaban J connectivity index is 1.48. The predicted octanol–water partition coefficient (Wildman–Crippen LogP) is 2.78. The fourth-order valence-corrected chi connectivity index (χ4v) is 5.55. The van der Waals surface area contributed by atoms with Crippen LogP contribution in [0.25, 0.3) is 0 Å².